The van der Waals surface area contributed by atoms with Gasteiger partial charge in [0, 0.05) is 58.6 Å². The van der Waals surface area contributed by atoms with E-state index >= 15 is 0 Å². The minimum atomic E-state index is 0.166. The second-order valence-corrected chi connectivity index (χ2v) is 10.2. The van der Waals surface area contributed by atoms with Gasteiger partial charge in [0.25, 0.3) is 0 Å². The van der Waals surface area contributed by atoms with Crippen LogP contribution in [0.2, 0.25) is 0 Å². The van der Waals surface area contributed by atoms with Crippen molar-refractivity contribution in [3.8, 4) is 0 Å². The topological polar surface area (TPSA) is 77.5 Å². The number of carbonyl (C=O) groups is 1. The van der Waals surface area contributed by atoms with Crippen molar-refractivity contribution < 1.29 is 4.79 Å². The van der Waals surface area contributed by atoms with Crippen LogP contribution in [0.15, 0.2) is 54.7 Å². The van der Waals surface area contributed by atoms with Crippen LogP contribution in [-0.2, 0) is 11.2 Å². The van der Waals surface area contributed by atoms with Crippen LogP contribution >= 0.6 is 11.3 Å². The van der Waals surface area contributed by atoms with E-state index in [4.69, 9.17) is 9.97 Å². The fraction of sp³-hybridized carbons (Fsp3) is 0.333. The molecule has 0 saturated carbocycles. The summed E-state index contributed by atoms with van der Waals surface area (Å²) >= 11 is 1.53. The van der Waals surface area contributed by atoms with Crippen LogP contribution in [0.3, 0.4) is 0 Å². The fourth-order valence-electron chi connectivity index (χ4n) is 4.33. The molecule has 1 aliphatic rings. The van der Waals surface area contributed by atoms with Crippen LogP contribution in [0, 0.1) is 6.92 Å². The Bertz CT molecular complexity index is 1350. The van der Waals surface area contributed by atoms with Crippen molar-refractivity contribution in [3.63, 3.8) is 0 Å². The molecule has 0 atom stereocenters. The van der Waals surface area contributed by atoms with Crippen molar-refractivity contribution in [1.29, 1.82) is 0 Å². The molecule has 1 amide bonds. The summed E-state index contributed by atoms with van der Waals surface area (Å²) in [5.74, 6) is 1.83. The number of fused-ring (bicyclic) bond motifs is 1. The Morgan fingerprint density at radius 3 is 2.58 bits per heavy atom. The van der Waals surface area contributed by atoms with Gasteiger partial charge < -0.3 is 15.1 Å². The number of benzene rings is 1. The zero-order valence-electron chi connectivity index (χ0n) is 20.9. The van der Waals surface area contributed by atoms with Gasteiger partial charge in [-0.3, -0.25) is 9.69 Å². The minimum Gasteiger partial charge on any atom is -0.340 e. The monoisotopic (exact) mass is 501 g/mol. The molecule has 0 unspecified atom stereocenters. The van der Waals surface area contributed by atoms with Crippen molar-refractivity contribution in [2.75, 3.05) is 50.0 Å². The van der Waals surface area contributed by atoms with Crippen molar-refractivity contribution >= 4 is 50.0 Å². The van der Waals surface area contributed by atoms with Gasteiger partial charge in [-0.25, -0.2) is 15.0 Å². The van der Waals surface area contributed by atoms with Crippen molar-refractivity contribution in [1.82, 2.24) is 24.8 Å². The highest BCUT2D eigenvalue weighted by molar-refractivity contribution is 7.21. The Morgan fingerprint density at radius 2 is 1.83 bits per heavy atom. The molecule has 1 saturated heterocycles. The second-order valence-electron chi connectivity index (χ2n) is 9.18. The second kappa shape index (κ2) is 10.6. The third kappa shape index (κ3) is 5.63. The van der Waals surface area contributed by atoms with E-state index in [0.29, 0.717) is 0 Å². The number of nitrogens with zero attached hydrogens (tertiary/aromatic N) is 6. The minimum absolute atomic E-state index is 0.166. The highest BCUT2D eigenvalue weighted by atomic mass is 32.1. The number of nitrogens with one attached hydrogen (secondary N) is 1. The van der Waals surface area contributed by atoms with E-state index in [1.54, 1.807) is 6.92 Å². The quantitative estimate of drug-likeness (QED) is 0.396. The summed E-state index contributed by atoms with van der Waals surface area (Å²) in [6.07, 6.45) is 2.78. The van der Waals surface area contributed by atoms with Gasteiger partial charge in [0.05, 0.1) is 0 Å². The van der Waals surface area contributed by atoms with E-state index < -0.39 is 0 Å². The first-order valence-corrected chi connectivity index (χ1v) is 13.0. The highest BCUT2D eigenvalue weighted by Gasteiger charge is 2.18. The summed E-state index contributed by atoms with van der Waals surface area (Å²) in [6, 6.07) is 16.6. The molecule has 5 rings (SSSR count). The van der Waals surface area contributed by atoms with E-state index in [1.807, 2.05) is 30.3 Å². The molecule has 0 aliphatic carbocycles. The Labute approximate surface area is 215 Å². The summed E-state index contributed by atoms with van der Waals surface area (Å²) in [6.45, 7) is 8.18. The molecule has 0 radical (unpaired) electrons. The molecule has 1 fully saturated rings. The van der Waals surface area contributed by atoms with Crippen LogP contribution in [0.4, 0.5) is 22.5 Å². The molecule has 1 aliphatic heterocycles. The molecule has 0 spiro atoms. The Kier molecular flexibility index (Phi) is 7.11. The number of hydrogen-bond donors (Lipinski definition) is 1. The molecular formula is C27H31N7OS. The zero-order valence-corrected chi connectivity index (χ0v) is 21.8. The largest absolute Gasteiger partial charge is 0.340 e. The molecule has 1 aromatic carbocycles. The molecule has 9 heteroatoms. The molecular weight excluding hydrogens is 470 g/mol. The van der Waals surface area contributed by atoms with E-state index in [-0.39, 0.29) is 5.91 Å². The first-order chi connectivity index (χ1) is 17.4. The average molecular weight is 502 g/mol. The first kappa shape index (κ1) is 24.1. The molecule has 1 N–H and O–H groups in total. The number of hydrogen-bond acceptors (Lipinski definition) is 8. The number of thiazole rings is 1. The van der Waals surface area contributed by atoms with Crippen LogP contribution in [0.1, 0.15) is 18.1 Å². The number of amides is 1. The Balaban J connectivity index is 1.22. The molecule has 3 aromatic heterocycles. The standard InChI is InChI=1S/C27H31N7OS/c1-19-4-6-22(7-5-19)32(3)25-9-8-23-26(31-25)36-27(29-23)30-24-18-21(10-12-28-24)11-13-33-14-16-34(17-15-33)20(2)35/h4-10,12,18H,11,13-17H2,1-3H3,(H,28,29,30). The van der Waals surface area contributed by atoms with Gasteiger partial charge in [0.15, 0.2) is 5.13 Å². The summed E-state index contributed by atoms with van der Waals surface area (Å²) in [4.78, 5) is 32.9. The number of aromatic nitrogens is 3. The van der Waals surface area contributed by atoms with Gasteiger partial charge in [-0.15, -0.1) is 0 Å². The van der Waals surface area contributed by atoms with Gasteiger partial charge in [-0.05, 0) is 55.3 Å². The zero-order chi connectivity index (χ0) is 25.1. The van der Waals surface area contributed by atoms with Gasteiger partial charge in [-0.1, -0.05) is 29.0 Å². The van der Waals surface area contributed by atoms with Crippen molar-refractivity contribution in [2.24, 2.45) is 0 Å². The van der Waals surface area contributed by atoms with Crippen LogP contribution in [0.5, 0.6) is 0 Å². The molecule has 36 heavy (non-hydrogen) atoms. The average Bonchev–Trinajstić information content (AvgIpc) is 3.29. The smallest absolute Gasteiger partial charge is 0.219 e. The molecule has 4 aromatic rings. The van der Waals surface area contributed by atoms with Crippen molar-refractivity contribution in [3.05, 3.63) is 65.9 Å². The number of aryl methyl sites for hydroxylation is 1. The number of piperazine rings is 1. The summed E-state index contributed by atoms with van der Waals surface area (Å²) in [5, 5.41) is 4.14. The Morgan fingerprint density at radius 1 is 1.06 bits per heavy atom. The maximum absolute atomic E-state index is 11.5. The lowest BCUT2D eigenvalue weighted by atomic mass is 10.1. The van der Waals surface area contributed by atoms with E-state index in [9.17, 15) is 4.79 Å². The lowest BCUT2D eigenvalue weighted by Gasteiger charge is -2.34. The number of rotatable bonds is 7. The van der Waals surface area contributed by atoms with E-state index in [2.05, 4.69) is 63.4 Å². The maximum atomic E-state index is 11.5. The number of anilines is 4. The number of carbonyl (C=O) groups excluding carboxylic acids is 1. The normalized spacial score (nSPS) is 14.2. The third-order valence-electron chi connectivity index (χ3n) is 6.60. The van der Waals surface area contributed by atoms with Crippen LogP contribution in [0.25, 0.3) is 10.3 Å². The summed E-state index contributed by atoms with van der Waals surface area (Å²) in [7, 11) is 2.03. The molecule has 186 valence electrons. The van der Waals surface area contributed by atoms with Gasteiger partial charge in [-0.2, -0.15) is 0 Å². The third-order valence-corrected chi connectivity index (χ3v) is 7.48. The lowest BCUT2D eigenvalue weighted by molar-refractivity contribution is -0.130. The SMILES string of the molecule is CC(=O)N1CCN(CCc2ccnc(Nc3nc4ccc(N(C)c5ccc(C)cc5)nc4s3)c2)CC1. The fourth-order valence-corrected chi connectivity index (χ4v) is 5.17. The van der Waals surface area contributed by atoms with Gasteiger partial charge >= 0.3 is 0 Å². The number of pyridine rings is 2. The predicted molar refractivity (Wildman–Crippen MR) is 147 cm³/mol. The predicted octanol–water partition coefficient (Wildman–Crippen LogP) is 4.61. The van der Waals surface area contributed by atoms with Crippen LogP contribution < -0.4 is 10.2 Å². The summed E-state index contributed by atoms with van der Waals surface area (Å²) < 4.78 is 0. The molecule has 0 bridgehead atoms. The molecule has 8 nitrogen and oxygen atoms in total. The Hall–Kier alpha value is -3.56. The highest BCUT2D eigenvalue weighted by Crippen LogP contribution is 2.30. The van der Waals surface area contributed by atoms with Crippen molar-refractivity contribution in [2.45, 2.75) is 20.3 Å². The first-order valence-electron chi connectivity index (χ1n) is 12.2. The van der Waals surface area contributed by atoms with Gasteiger partial charge in [0.2, 0.25) is 5.91 Å². The summed E-state index contributed by atoms with van der Waals surface area (Å²) in [5.41, 5.74) is 4.42. The van der Waals surface area contributed by atoms with E-state index in [1.165, 1.54) is 22.5 Å². The van der Waals surface area contributed by atoms with Gasteiger partial charge in [0.1, 0.15) is 22.0 Å². The van der Waals surface area contributed by atoms with Crippen LogP contribution in [-0.4, -0.2) is 70.4 Å². The molecule has 4 heterocycles. The van der Waals surface area contributed by atoms with E-state index in [0.717, 1.165) is 71.9 Å². The maximum Gasteiger partial charge on any atom is 0.219 e. The lowest BCUT2D eigenvalue weighted by Crippen LogP contribution is -2.48.